The van der Waals surface area contributed by atoms with E-state index in [1.807, 2.05) is 42.5 Å². The molecule has 0 amide bonds. The number of methoxy groups -OCH3 is 2. The highest BCUT2D eigenvalue weighted by Crippen LogP contribution is 2.28. The van der Waals surface area contributed by atoms with Crippen LogP contribution in [-0.2, 0) is 6.61 Å². The molecule has 19 heavy (non-hydrogen) atoms. The molecule has 0 aliphatic rings. The van der Waals surface area contributed by atoms with E-state index in [2.05, 4.69) is 22.6 Å². The van der Waals surface area contributed by atoms with Crippen molar-refractivity contribution in [2.24, 2.45) is 0 Å². The summed E-state index contributed by atoms with van der Waals surface area (Å²) < 4.78 is 17.4. The summed E-state index contributed by atoms with van der Waals surface area (Å²) in [6.45, 7) is 0.500. The summed E-state index contributed by atoms with van der Waals surface area (Å²) in [5, 5.41) is 0. The molecule has 0 aromatic heterocycles. The minimum atomic E-state index is 0.500. The largest absolute Gasteiger partial charge is 0.493 e. The molecule has 2 rings (SSSR count). The van der Waals surface area contributed by atoms with E-state index in [4.69, 9.17) is 14.2 Å². The first-order valence-corrected chi connectivity index (χ1v) is 6.90. The van der Waals surface area contributed by atoms with E-state index in [9.17, 15) is 0 Å². The smallest absolute Gasteiger partial charge is 0.161 e. The number of ether oxygens (including phenoxy) is 3. The summed E-state index contributed by atoms with van der Waals surface area (Å²) in [5.41, 5.74) is 1.04. The van der Waals surface area contributed by atoms with Crippen LogP contribution in [0.15, 0.2) is 42.5 Å². The molecule has 0 bridgehead atoms. The van der Waals surface area contributed by atoms with Crippen LogP contribution in [0, 0.1) is 3.57 Å². The minimum absolute atomic E-state index is 0.500. The van der Waals surface area contributed by atoms with Gasteiger partial charge in [0.1, 0.15) is 12.4 Å². The van der Waals surface area contributed by atoms with Crippen molar-refractivity contribution in [1.29, 1.82) is 0 Å². The highest BCUT2D eigenvalue weighted by molar-refractivity contribution is 14.1. The Kier molecular flexibility index (Phi) is 4.90. The Morgan fingerprint density at radius 3 is 2.32 bits per heavy atom. The number of hydrogen-bond donors (Lipinski definition) is 0. The van der Waals surface area contributed by atoms with Gasteiger partial charge in [-0.05, 0) is 52.4 Å². The number of halogens is 1. The lowest BCUT2D eigenvalue weighted by Crippen LogP contribution is -1.98. The minimum Gasteiger partial charge on any atom is -0.493 e. The van der Waals surface area contributed by atoms with Crippen LogP contribution in [0.2, 0.25) is 0 Å². The van der Waals surface area contributed by atoms with Gasteiger partial charge in [0.2, 0.25) is 0 Å². The van der Waals surface area contributed by atoms with Crippen molar-refractivity contribution >= 4 is 22.6 Å². The molecule has 3 nitrogen and oxygen atoms in total. The van der Waals surface area contributed by atoms with Gasteiger partial charge in [0, 0.05) is 0 Å². The van der Waals surface area contributed by atoms with Crippen molar-refractivity contribution in [2.75, 3.05) is 14.2 Å². The lowest BCUT2D eigenvalue weighted by molar-refractivity contribution is 0.301. The average Bonchev–Trinajstić information content (AvgIpc) is 2.46. The number of hydrogen-bond acceptors (Lipinski definition) is 3. The van der Waals surface area contributed by atoms with Gasteiger partial charge in [-0.1, -0.05) is 18.2 Å². The molecule has 0 saturated heterocycles. The van der Waals surface area contributed by atoms with Gasteiger partial charge in [-0.25, -0.2) is 0 Å². The van der Waals surface area contributed by atoms with Crippen LogP contribution in [-0.4, -0.2) is 14.2 Å². The Labute approximate surface area is 126 Å². The molecule has 0 aliphatic heterocycles. The summed E-state index contributed by atoms with van der Waals surface area (Å²) >= 11 is 2.26. The van der Waals surface area contributed by atoms with Gasteiger partial charge < -0.3 is 14.2 Å². The third-order valence-electron chi connectivity index (χ3n) is 2.68. The first-order chi connectivity index (χ1) is 9.24. The Balaban J connectivity index is 2.10. The maximum Gasteiger partial charge on any atom is 0.161 e. The number of para-hydroxylation sites is 1. The fourth-order valence-electron chi connectivity index (χ4n) is 1.69. The van der Waals surface area contributed by atoms with E-state index in [-0.39, 0.29) is 0 Å². The molecule has 2 aromatic carbocycles. The Bertz CT molecular complexity index is 555. The Morgan fingerprint density at radius 2 is 1.63 bits per heavy atom. The second kappa shape index (κ2) is 6.65. The van der Waals surface area contributed by atoms with Crippen LogP contribution in [0.5, 0.6) is 17.2 Å². The van der Waals surface area contributed by atoms with Crippen LogP contribution < -0.4 is 14.2 Å². The second-order valence-corrected chi connectivity index (χ2v) is 5.07. The maximum absolute atomic E-state index is 5.79. The molecule has 0 heterocycles. The Hall–Kier alpha value is -1.43. The normalized spacial score (nSPS) is 10.1. The maximum atomic E-state index is 5.79. The molecule has 0 aliphatic carbocycles. The fraction of sp³-hybridized carbons (Fsp3) is 0.200. The molecular formula is C15H15IO3. The predicted octanol–water partition coefficient (Wildman–Crippen LogP) is 3.89. The van der Waals surface area contributed by atoms with Gasteiger partial charge in [-0.15, -0.1) is 0 Å². The Morgan fingerprint density at radius 1 is 0.895 bits per heavy atom. The summed E-state index contributed by atoms with van der Waals surface area (Å²) in [5.74, 6) is 2.32. The van der Waals surface area contributed by atoms with E-state index in [0.29, 0.717) is 12.4 Å². The lowest BCUT2D eigenvalue weighted by atomic mass is 10.2. The summed E-state index contributed by atoms with van der Waals surface area (Å²) in [6.07, 6.45) is 0. The van der Waals surface area contributed by atoms with Crippen molar-refractivity contribution in [3.63, 3.8) is 0 Å². The number of benzene rings is 2. The van der Waals surface area contributed by atoms with Gasteiger partial charge in [-0.3, -0.25) is 0 Å². The lowest BCUT2D eigenvalue weighted by Gasteiger charge is -2.11. The van der Waals surface area contributed by atoms with E-state index in [0.717, 1.165) is 20.6 Å². The van der Waals surface area contributed by atoms with Crippen LogP contribution in [0.4, 0.5) is 0 Å². The van der Waals surface area contributed by atoms with Crippen molar-refractivity contribution in [2.45, 2.75) is 6.61 Å². The second-order valence-electron chi connectivity index (χ2n) is 3.91. The molecule has 0 fully saturated rings. The van der Waals surface area contributed by atoms with Crippen LogP contribution in [0.1, 0.15) is 5.56 Å². The first kappa shape index (κ1) is 14.0. The van der Waals surface area contributed by atoms with Crippen molar-refractivity contribution in [3.05, 3.63) is 51.6 Å². The zero-order chi connectivity index (χ0) is 13.7. The topological polar surface area (TPSA) is 27.7 Å². The van der Waals surface area contributed by atoms with Gasteiger partial charge in [0.05, 0.1) is 17.8 Å². The molecule has 100 valence electrons. The van der Waals surface area contributed by atoms with Gasteiger partial charge in [-0.2, -0.15) is 0 Å². The third kappa shape index (κ3) is 3.53. The highest BCUT2D eigenvalue weighted by atomic mass is 127. The molecule has 0 unspecified atom stereocenters. The standard InChI is InChI=1S/C15H15IO3/c1-17-14-8-7-11(9-15(14)18-2)10-19-13-6-4-3-5-12(13)16/h3-9H,10H2,1-2H3. The molecule has 0 atom stereocenters. The van der Waals surface area contributed by atoms with Crippen LogP contribution >= 0.6 is 22.6 Å². The van der Waals surface area contributed by atoms with E-state index >= 15 is 0 Å². The summed E-state index contributed by atoms with van der Waals surface area (Å²) in [7, 11) is 3.25. The summed E-state index contributed by atoms with van der Waals surface area (Å²) in [6, 6.07) is 13.7. The van der Waals surface area contributed by atoms with Crippen molar-refractivity contribution < 1.29 is 14.2 Å². The first-order valence-electron chi connectivity index (χ1n) is 5.83. The molecule has 0 saturated carbocycles. The molecule has 0 spiro atoms. The molecule has 0 radical (unpaired) electrons. The van der Waals surface area contributed by atoms with Crippen LogP contribution in [0.3, 0.4) is 0 Å². The molecule has 2 aromatic rings. The molecule has 0 N–H and O–H groups in total. The molecule has 4 heteroatoms. The van der Waals surface area contributed by atoms with Crippen molar-refractivity contribution in [3.8, 4) is 17.2 Å². The van der Waals surface area contributed by atoms with Gasteiger partial charge >= 0.3 is 0 Å². The SMILES string of the molecule is COc1ccc(COc2ccccc2I)cc1OC. The average molecular weight is 370 g/mol. The third-order valence-corrected chi connectivity index (χ3v) is 3.57. The number of rotatable bonds is 5. The fourth-order valence-corrected chi connectivity index (χ4v) is 2.24. The van der Waals surface area contributed by atoms with Gasteiger partial charge in [0.15, 0.2) is 11.5 Å². The molecular weight excluding hydrogens is 355 g/mol. The monoisotopic (exact) mass is 370 g/mol. The van der Waals surface area contributed by atoms with Crippen molar-refractivity contribution in [1.82, 2.24) is 0 Å². The van der Waals surface area contributed by atoms with E-state index < -0.39 is 0 Å². The quantitative estimate of drug-likeness (QED) is 0.748. The van der Waals surface area contributed by atoms with Gasteiger partial charge in [0.25, 0.3) is 0 Å². The highest BCUT2D eigenvalue weighted by Gasteiger charge is 2.06. The van der Waals surface area contributed by atoms with E-state index in [1.165, 1.54) is 0 Å². The summed E-state index contributed by atoms with van der Waals surface area (Å²) in [4.78, 5) is 0. The van der Waals surface area contributed by atoms with Crippen LogP contribution in [0.25, 0.3) is 0 Å². The predicted molar refractivity (Wildman–Crippen MR) is 83.0 cm³/mol. The van der Waals surface area contributed by atoms with E-state index in [1.54, 1.807) is 14.2 Å². The zero-order valence-electron chi connectivity index (χ0n) is 10.9. The zero-order valence-corrected chi connectivity index (χ0v) is 13.0.